The van der Waals surface area contributed by atoms with Gasteiger partial charge in [-0.1, -0.05) is 12.1 Å². The standard InChI is InChI=1S/C15H20BFO4/c1-14(2)15(3,4)21-16(20-14)12(13(18)19-5)10-6-8-11(17)9-7-10/h6-9,12H,1-5H3. The average Bonchev–Trinajstić information content (AvgIpc) is 2.60. The molecule has 6 heteroatoms. The van der Waals surface area contributed by atoms with Crippen LogP contribution in [-0.4, -0.2) is 31.4 Å². The van der Waals surface area contributed by atoms with Crippen LogP contribution in [0, 0.1) is 5.82 Å². The maximum absolute atomic E-state index is 13.1. The van der Waals surface area contributed by atoms with Gasteiger partial charge in [-0.05, 0) is 45.4 Å². The van der Waals surface area contributed by atoms with Gasteiger partial charge in [-0.2, -0.15) is 0 Å². The number of carbonyl (C=O) groups excluding carboxylic acids is 1. The number of rotatable bonds is 3. The van der Waals surface area contributed by atoms with Gasteiger partial charge in [0.2, 0.25) is 0 Å². The second kappa shape index (κ2) is 5.42. The molecule has 1 heterocycles. The van der Waals surface area contributed by atoms with Crippen molar-refractivity contribution in [3.8, 4) is 0 Å². The third-order valence-corrected chi connectivity index (χ3v) is 4.23. The molecule has 0 radical (unpaired) electrons. The van der Waals surface area contributed by atoms with Crippen LogP contribution in [0.2, 0.25) is 0 Å². The highest BCUT2D eigenvalue weighted by atomic mass is 19.1. The quantitative estimate of drug-likeness (QED) is 0.635. The number of ether oxygens (including phenoxy) is 1. The first-order valence-electron chi connectivity index (χ1n) is 6.87. The van der Waals surface area contributed by atoms with Crippen molar-refractivity contribution < 1.29 is 23.2 Å². The Balaban J connectivity index is 2.35. The van der Waals surface area contributed by atoms with Crippen LogP contribution in [-0.2, 0) is 18.8 Å². The van der Waals surface area contributed by atoms with E-state index in [1.807, 2.05) is 27.7 Å². The Morgan fingerprint density at radius 3 is 2.05 bits per heavy atom. The van der Waals surface area contributed by atoms with Gasteiger partial charge in [0, 0.05) is 0 Å². The molecule has 0 N–H and O–H groups in total. The van der Waals surface area contributed by atoms with Crippen molar-refractivity contribution in [2.24, 2.45) is 0 Å². The zero-order valence-electron chi connectivity index (χ0n) is 13.0. The van der Waals surface area contributed by atoms with Gasteiger partial charge in [0.05, 0.1) is 18.3 Å². The van der Waals surface area contributed by atoms with Gasteiger partial charge >= 0.3 is 13.1 Å². The van der Waals surface area contributed by atoms with Gasteiger partial charge in [0.15, 0.2) is 0 Å². The summed E-state index contributed by atoms with van der Waals surface area (Å²) >= 11 is 0. The minimum absolute atomic E-state index is 0.365. The number of halogens is 1. The summed E-state index contributed by atoms with van der Waals surface area (Å²) < 4.78 is 29.8. The Hall–Kier alpha value is -1.40. The van der Waals surface area contributed by atoms with Crippen LogP contribution < -0.4 is 0 Å². The van der Waals surface area contributed by atoms with Gasteiger partial charge < -0.3 is 14.0 Å². The van der Waals surface area contributed by atoms with E-state index in [9.17, 15) is 9.18 Å². The zero-order chi connectivity index (χ0) is 15.8. The largest absolute Gasteiger partial charge is 0.477 e. The molecule has 21 heavy (non-hydrogen) atoms. The molecule has 1 aliphatic heterocycles. The molecule has 1 atom stereocenters. The SMILES string of the molecule is COC(=O)C(B1OC(C)(C)C(C)(C)O1)c1ccc(F)cc1. The minimum atomic E-state index is -0.770. The predicted octanol–water partition coefficient (Wildman–Crippen LogP) is 2.71. The second-order valence-corrected chi connectivity index (χ2v) is 6.18. The molecule has 1 aliphatic rings. The van der Waals surface area contributed by atoms with E-state index in [1.54, 1.807) is 12.1 Å². The van der Waals surface area contributed by atoms with Crippen molar-refractivity contribution in [1.29, 1.82) is 0 Å². The van der Waals surface area contributed by atoms with Gasteiger partial charge in [0.1, 0.15) is 11.6 Å². The van der Waals surface area contributed by atoms with Crippen molar-refractivity contribution in [1.82, 2.24) is 0 Å². The fourth-order valence-electron chi connectivity index (χ4n) is 2.23. The summed E-state index contributed by atoms with van der Waals surface area (Å²) in [6.45, 7) is 7.63. The van der Waals surface area contributed by atoms with Crippen molar-refractivity contribution in [3.05, 3.63) is 35.6 Å². The third-order valence-electron chi connectivity index (χ3n) is 4.23. The molecule has 1 fully saturated rings. The fourth-order valence-corrected chi connectivity index (χ4v) is 2.23. The summed E-state index contributed by atoms with van der Waals surface area (Å²) in [7, 11) is 0.539. The Morgan fingerprint density at radius 2 is 1.62 bits per heavy atom. The van der Waals surface area contributed by atoms with Crippen LogP contribution in [0.15, 0.2) is 24.3 Å². The highest BCUT2D eigenvalue weighted by Gasteiger charge is 2.56. The van der Waals surface area contributed by atoms with Crippen LogP contribution in [0.25, 0.3) is 0 Å². The summed E-state index contributed by atoms with van der Waals surface area (Å²) in [5.41, 5.74) is -0.504. The van der Waals surface area contributed by atoms with E-state index in [4.69, 9.17) is 14.0 Å². The van der Waals surface area contributed by atoms with Gasteiger partial charge in [-0.25, -0.2) is 4.39 Å². The molecule has 1 aromatic carbocycles. The molecule has 2 rings (SSSR count). The van der Waals surface area contributed by atoms with Crippen LogP contribution in [0.5, 0.6) is 0 Å². The number of esters is 1. The molecule has 0 spiro atoms. The molecule has 1 saturated heterocycles. The highest BCUT2D eigenvalue weighted by molar-refractivity contribution is 6.52. The number of benzene rings is 1. The fraction of sp³-hybridized carbons (Fsp3) is 0.533. The maximum Gasteiger partial charge on any atom is 0.477 e. The van der Waals surface area contributed by atoms with Crippen molar-refractivity contribution in [3.63, 3.8) is 0 Å². The smallest absolute Gasteiger partial charge is 0.469 e. The van der Waals surface area contributed by atoms with Crippen LogP contribution in [0.3, 0.4) is 0 Å². The van der Waals surface area contributed by atoms with Gasteiger partial charge in [0.25, 0.3) is 0 Å². The summed E-state index contributed by atoms with van der Waals surface area (Å²) in [6.07, 6.45) is 0. The lowest BCUT2D eigenvalue weighted by atomic mass is 9.68. The topological polar surface area (TPSA) is 44.8 Å². The van der Waals surface area contributed by atoms with Gasteiger partial charge in [-0.3, -0.25) is 4.79 Å². The van der Waals surface area contributed by atoms with E-state index in [-0.39, 0.29) is 5.82 Å². The van der Waals surface area contributed by atoms with E-state index < -0.39 is 30.1 Å². The predicted molar refractivity (Wildman–Crippen MR) is 77.2 cm³/mol. The first-order chi connectivity index (χ1) is 9.68. The number of hydrogen-bond acceptors (Lipinski definition) is 4. The first-order valence-corrected chi connectivity index (χ1v) is 6.87. The summed E-state index contributed by atoms with van der Waals surface area (Å²) in [5, 5.41) is 0. The zero-order valence-corrected chi connectivity index (χ0v) is 13.0. The molecule has 0 aliphatic carbocycles. The lowest BCUT2D eigenvalue weighted by Crippen LogP contribution is -2.41. The Labute approximate surface area is 124 Å². The van der Waals surface area contributed by atoms with Crippen molar-refractivity contribution in [2.45, 2.75) is 44.7 Å². The number of methoxy groups -OCH3 is 1. The van der Waals surface area contributed by atoms with Crippen LogP contribution in [0.4, 0.5) is 4.39 Å². The molecule has 4 nitrogen and oxygen atoms in total. The van der Waals surface area contributed by atoms with Crippen molar-refractivity contribution in [2.75, 3.05) is 7.11 Å². The van der Waals surface area contributed by atoms with Crippen LogP contribution >= 0.6 is 0 Å². The molecule has 1 aromatic rings. The molecular weight excluding hydrogens is 274 g/mol. The first kappa shape index (κ1) is 16.0. The normalized spacial score (nSPS) is 21.1. The molecular formula is C15H20BFO4. The Bertz CT molecular complexity index is 511. The lowest BCUT2D eigenvalue weighted by Gasteiger charge is -2.32. The molecule has 1 unspecified atom stereocenters. The summed E-state index contributed by atoms with van der Waals surface area (Å²) in [4.78, 5) is 12.1. The van der Waals surface area contributed by atoms with Crippen LogP contribution in [0.1, 0.15) is 39.1 Å². The van der Waals surface area contributed by atoms with E-state index in [0.717, 1.165) is 0 Å². The molecule has 0 aromatic heterocycles. The van der Waals surface area contributed by atoms with E-state index >= 15 is 0 Å². The average molecular weight is 294 g/mol. The van der Waals surface area contributed by atoms with Crippen molar-refractivity contribution >= 4 is 13.1 Å². The Kier molecular flexibility index (Phi) is 4.13. The molecule has 0 bridgehead atoms. The second-order valence-electron chi connectivity index (χ2n) is 6.18. The lowest BCUT2D eigenvalue weighted by molar-refractivity contribution is -0.141. The summed E-state index contributed by atoms with van der Waals surface area (Å²) in [6, 6.07) is 5.69. The monoisotopic (exact) mass is 294 g/mol. The Morgan fingerprint density at radius 1 is 1.14 bits per heavy atom. The number of carbonyl (C=O) groups is 1. The van der Waals surface area contributed by atoms with E-state index in [0.29, 0.717) is 5.56 Å². The van der Waals surface area contributed by atoms with Gasteiger partial charge in [-0.15, -0.1) is 0 Å². The highest BCUT2D eigenvalue weighted by Crippen LogP contribution is 2.41. The number of hydrogen-bond donors (Lipinski definition) is 0. The van der Waals surface area contributed by atoms with E-state index in [1.165, 1.54) is 19.2 Å². The maximum atomic E-state index is 13.1. The third kappa shape index (κ3) is 2.96. The van der Waals surface area contributed by atoms with E-state index in [2.05, 4.69) is 0 Å². The summed E-state index contributed by atoms with van der Waals surface area (Å²) in [5.74, 6) is -1.59. The molecule has 114 valence electrons. The minimum Gasteiger partial charge on any atom is -0.469 e. The molecule has 0 saturated carbocycles. The molecule has 0 amide bonds.